The zero-order chi connectivity index (χ0) is 33.1. The highest BCUT2D eigenvalue weighted by molar-refractivity contribution is 5.97. The van der Waals surface area contributed by atoms with Gasteiger partial charge < -0.3 is 37.8 Å². The van der Waals surface area contributed by atoms with Crippen molar-refractivity contribution in [1.29, 1.82) is 0 Å². The largest absolute Gasteiger partial charge is 0.481 e. The molecule has 1 saturated heterocycles. The molecule has 4 atom stereocenters. The van der Waals surface area contributed by atoms with E-state index < -0.39 is 84.9 Å². The van der Waals surface area contributed by atoms with Gasteiger partial charge in [-0.2, -0.15) is 13.2 Å². The number of rotatable bonds is 9. The van der Waals surface area contributed by atoms with Crippen LogP contribution in [-0.2, 0) is 30.4 Å². The maximum atomic E-state index is 14.5. The fourth-order valence-electron chi connectivity index (χ4n) is 4.53. The van der Waals surface area contributed by atoms with Crippen LogP contribution in [0, 0.1) is 5.92 Å². The van der Waals surface area contributed by atoms with Crippen molar-refractivity contribution in [3.05, 3.63) is 35.9 Å². The van der Waals surface area contributed by atoms with Gasteiger partial charge in [-0.25, -0.2) is 0 Å². The molecule has 10 N–H and O–H groups in total. The van der Waals surface area contributed by atoms with Crippen molar-refractivity contribution in [3.63, 3.8) is 0 Å². The number of nitrogens with zero attached hydrogens (tertiary/aromatic N) is 1. The van der Waals surface area contributed by atoms with Crippen molar-refractivity contribution >= 4 is 35.6 Å². The van der Waals surface area contributed by atoms with E-state index in [1.165, 1.54) is 0 Å². The fourth-order valence-corrected chi connectivity index (χ4v) is 4.53. The molecule has 1 aromatic carbocycles. The SMILES string of the molecule is CC(C)[C@@H]1NC(=O)[C@@H](Cc2ccccc2)NC(=O)[C@@](CC(=O)O)(C(F)(F)F)NCCNC(=O)[C@H](CCCN=C(N)N)NC1=O. The number of aliphatic carboxylic acids is 1. The van der Waals surface area contributed by atoms with Gasteiger partial charge in [-0.1, -0.05) is 44.2 Å². The van der Waals surface area contributed by atoms with E-state index in [-0.39, 0.29) is 31.8 Å². The third kappa shape index (κ3) is 10.1. The van der Waals surface area contributed by atoms with Crippen LogP contribution >= 0.6 is 0 Å². The number of amides is 4. The van der Waals surface area contributed by atoms with E-state index in [1.54, 1.807) is 44.2 Å². The zero-order valence-electron chi connectivity index (χ0n) is 24.4. The number of aliphatic imine (C=N–C) groups is 1. The van der Waals surface area contributed by atoms with Gasteiger partial charge in [0.1, 0.15) is 18.1 Å². The van der Waals surface area contributed by atoms with Crippen molar-refractivity contribution in [2.75, 3.05) is 19.6 Å². The normalized spacial score (nSPS) is 24.2. The number of carbonyl (C=O) groups excluding carboxylic acids is 4. The summed E-state index contributed by atoms with van der Waals surface area (Å²) >= 11 is 0. The molecule has 0 unspecified atom stereocenters. The third-order valence-corrected chi connectivity index (χ3v) is 6.87. The van der Waals surface area contributed by atoms with Crippen molar-refractivity contribution < 1.29 is 42.3 Å². The second-order valence-corrected chi connectivity index (χ2v) is 10.6. The molecule has 1 aromatic rings. The molecule has 0 radical (unpaired) electrons. The Balaban J connectivity index is 2.56. The van der Waals surface area contributed by atoms with Gasteiger partial charge >= 0.3 is 12.1 Å². The summed E-state index contributed by atoms with van der Waals surface area (Å²) in [5, 5.41) is 20.9. The van der Waals surface area contributed by atoms with Gasteiger partial charge in [0.15, 0.2) is 5.96 Å². The number of hydrogen-bond acceptors (Lipinski definition) is 7. The molecule has 1 fully saturated rings. The molecule has 4 amide bonds. The smallest absolute Gasteiger partial charge is 0.416 e. The number of carbonyl (C=O) groups is 5. The van der Waals surface area contributed by atoms with Crippen LogP contribution in [0.4, 0.5) is 13.2 Å². The lowest BCUT2D eigenvalue weighted by atomic mass is 9.91. The van der Waals surface area contributed by atoms with Gasteiger partial charge in [-0.15, -0.1) is 0 Å². The summed E-state index contributed by atoms with van der Waals surface area (Å²) in [7, 11) is 0. The minimum atomic E-state index is -5.44. The number of carboxylic acid groups (broad SMARTS) is 1. The summed E-state index contributed by atoms with van der Waals surface area (Å²) in [6, 6.07) is 3.98. The molecule has 17 heteroatoms. The first-order chi connectivity index (χ1) is 20.6. The number of halogens is 3. The predicted octanol–water partition coefficient (Wildman–Crippen LogP) is -1.11. The number of nitrogens with two attached hydrogens (primary N) is 2. The maximum absolute atomic E-state index is 14.5. The quantitative estimate of drug-likeness (QED) is 0.0940. The Hall–Kier alpha value is -4.41. The van der Waals surface area contributed by atoms with E-state index in [2.05, 4.69) is 26.3 Å². The van der Waals surface area contributed by atoms with Crippen LogP contribution in [0.2, 0.25) is 0 Å². The lowest BCUT2D eigenvalue weighted by Gasteiger charge is -2.35. The topological polar surface area (TPSA) is 230 Å². The lowest BCUT2D eigenvalue weighted by molar-refractivity contribution is -0.205. The second-order valence-electron chi connectivity index (χ2n) is 10.6. The molecule has 0 saturated carbocycles. The van der Waals surface area contributed by atoms with Gasteiger partial charge in [0.2, 0.25) is 23.3 Å². The first-order valence-corrected chi connectivity index (χ1v) is 13.9. The van der Waals surface area contributed by atoms with Gasteiger partial charge in [0.25, 0.3) is 5.91 Å². The summed E-state index contributed by atoms with van der Waals surface area (Å²) < 4.78 is 43.6. The summed E-state index contributed by atoms with van der Waals surface area (Å²) in [4.78, 5) is 68.6. The van der Waals surface area contributed by atoms with Crippen molar-refractivity contribution in [3.8, 4) is 0 Å². The highest BCUT2D eigenvalue weighted by Gasteiger charge is 2.61. The standard InChI is InChI=1S/C27H39F3N8O6/c1-15(2)20-23(43)36-17(9-6-10-34-25(31)32)21(41)33-11-12-35-26(14-19(39)40,27(28,29)30)24(44)37-18(22(42)38-20)13-16-7-4-3-5-8-16/h3-5,7-8,15,17-18,20,35H,6,9-14H2,1-2H3,(H,33,41)(H,36,43)(H,37,44)(H,38,42)(H,39,40)(H4,31,32,34)/t17-,18+,20-,26-/m0/s1. The van der Waals surface area contributed by atoms with E-state index in [4.69, 9.17) is 11.5 Å². The van der Waals surface area contributed by atoms with E-state index >= 15 is 0 Å². The number of guanidine groups is 1. The molecule has 1 aliphatic rings. The molecular weight excluding hydrogens is 589 g/mol. The predicted molar refractivity (Wildman–Crippen MR) is 153 cm³/mol. The fraction of sp³-hybridized carbons (Fsp3) is 0.556. The molecule has 14 nitrogen and oxygen atoms in total. The Morgan fingerprint density at radius 1 is 1.00 bits per heavy atom. The molecule has 1 heterocycles. The molecule has 0 aromatic heterocycles. The Morgan fingerprint density at radius 3 is 2.23 bits per heavy atom. The van der Waals surface area contributed by atoms with Crippen LogP contribution < -0.4 is 38.1 Å². The molecule has 1 aliphatic heterocycles. The highest BCUT2D eigenvalue weighted by atomic mass is 19.4. The van der Waals surface area contributed by atoms with Crippen molar-refractivity contribution in [2.45, 2.75) is 69.4 Å². The van der Waals surface area contributed by atoms with E-state index in [0.29, 0.717) is 5.56 Å². The van der Waals surface area contributed by atoms with Gasteiger partial charge in [0.05, 0.1) is 6.42 Å². The van der Waals surface area contributed by atoms with Crippen LogP contribution in [-0.4, -0.2) is 90.1 Å². The van der Waals surface area contributed by atoms with Crippen LogP contribution in [0.15, 0.2) is 35.3 Å². The summed E-state index contributed by atoms with van der Waals surface area (Å²) in [5.74, 6) is -7.00. The van der Waals surface area contributed by atoms with Crippen molar-refractivity contribution in [1.82, 2.24) is 26.6 Å². The third-order valence-electron chi connectivity index (χ3n) is 6.87. The second kappa shape index (κ2) is 15.9. The Bertz CT molecular complexity index is 1210. The summed E-state index contributed by atoms with van der Waals surface area (Å²) in [6.45, 7) is 2.16. The van der Waals surface area contributed by atoms with Crippen LogP contribution in [0.1, 0.15) is 38.7 Å². The minimum absolute atomic E-state index is 0.0305. The number of carboxylic acids is 1. The van der Waals surface area contributed by atoms with Crippen LogP contribution in [0.5, 0.6) is 0 Å². The molecule has 2 rings (SSSR count). The molecule has 244 valence electrons. The molecule has 0 aliphatic carbocycles. The molecule has 0 spiro atoms. The van der Waals surface area contributed by atoms with Crippen LogP contribution in [0.3, 0.4) is 0 Å². The number of alkyl halides is 3. The van der Waals surface area contributed by atoms with E-state index in [9.17, 15) is 42.3 Å². The van der Waals surface area contributed by atoms with Gasteiger partial charge in [-0.3, -0.25) is 34.3 Å². The Kier molecular flexibility index (Phi) is 12.9. The average Bonchev–Trinajstić information content (AvgIpc) is 2.93. The minimum Gasteiger partial charge on any atom is -0.481 e. The van der Waals surface area contributed by atoms with E-state index in [1.807, 2.05) is 5.32 Å². The Morgan fingerprint density at radius 2 is 1.66 bits per heavy atom. The summed E-state index contributed by atoms with van der Waals surface area (Å²) in [5.41, 5.74) is 7.44. The van der Waals surface area contributed by atoms with Crippen LogP contribution in [0.25, 0.3) is 0 Å². The van der Waals surface area contributed by atoms with Gasteiger partial charge in [-0.05, 0) is 24.3 Å². The summed E-state index contributed by atoms with van der Waals surface area (Å²) in [6.07, 6.45) is -7.16. The Labute approximate surface area is 252 Å². The number of benzene rings is 1. The first kappa shape index (κ1) is 35.8. The average molecular weight is 629 g/mol. The van der Waals surface area contributed by atoms with Crippen molar-refractivity contribution in [2.24, 2.45) is 22.4 Å². The highest BCUT2D eigenvalue weighted by Crippen LogP contribution is 2.34. The monoisotopic (exact) mass is 628 g/mol. The van der Waals surface area contributed by atoms with E-state index in [0.717, 1.165) is 0 Å². The lowest BCUT2D eigenvalue weighted by Crippen LogP contribution is -2.69. The maximum Gasteiger partial charge on any atom is 0.416 e. The first-order valence-electron chi connectivity index (χ1n) is 13.9. The van der Waals surface area contributed by atoms with Gasteiger partial charge in [0, 0.05) is 26.1 Å². The number of hydrogen-bond donors (Lipinski definition) is 8. The number of nitrogens with one attached hydrogen (secondary N) is 5. The molecule has 44 heavy (non-hydrogen) atoms. The molecule has 0 bridgehead atoms. The molecular formula is C27H39F3N8O6. The zero-order valence-corrected chi connectivity index (χ0v) is 24.4.